The summed E-state index contributed by atoms with van der Waals surface area (Å²) in [5, 5.41) is 11.5. The van der Waals surface area contributed by atoms with Crippen molar-refractivity contribution in [3.63, 3.8) is 0 Å². The Morgan fingerprint density at radius 3 is 2.68 bits per heavy atom. The van der Waals surface area contributed by atoms with E-state index < -0.39 is 4.92 Å². The van der Waals surface area contributed by atoms with Gasteiger partial charge in [-0.1, -0.05) is 0 Å². The number of nitrogens with one attached hydrogen (secondary N) is 1. The monoisotopic (exact) mass is 342 g/mol. The maximum absolute atomic E-state index is 12.6. The van der Waals surface area contributed by atoms with Gasteiger partial charge in [0.2, 0.25) is 0 Å². The number of H-pyrrole nitrogens is 1. The van der Waals surface area contributed by atoms with Crippen molar-refractivity contribution < 1.29 is 9.72 Å². The maximum atomic E-state index is 12.6. The number of aromatic amines is 1. The van der Waals surface area contributed by atoms with Crippen molar-refractivity contribution in [3.05, 3.63) is 57.9 Å². The maximum Gasteiger partial charge on any atom is 0.293 e. The van der Waals surface area contributed by atoms with Gasteiger partial charge >= 0.3 is 0 Å². The second-order valence-electron chi connectivity index (χ2n) is 6.36. The molecule has 0 unspecified atom stereocenters. The van der Waals surface area contributed by atoms with E-state index in [0.717, 1.165) is 38.0 Å². The van der Waals surface area contributed by atoms with E-state index in [1.54, 1.807) is 30.3 Å². The van der Waals surface area contributed by atoms with Crippen molar-refractivity contribution >= 4 is 17.3 Å². The Balaban J connectivity index is 1.83. The number of carbonyl (C=O) groups is 1. The molecule has 1 aromatic heterocycles. The fourth-order valence-electron chi connectivity index (χ4n) is 3.22. The number of rotatable bonds is 5. The highest BCUT2D eigenvalue weighted by atomic mass is 16.6. The highest BCUT2D eigenvalue weighted by molar-refractivity contribution is 5.95. The van der Waals surface area contributed by atoms with Gasteiger partial charge < -0.3 is 14.8 Å². The molecule has 1 fully saturated rings. The summed E-state index contributed by atoms with van der Waals surface area (Å²) in [7, 11) is 1.69. The quantitative estimate of drug-likeness (QED) is 0.668. The molecule has 0 saturated carbocycles. The lowest BCUT2D eigenvalue weighted by molar-refractivity contribution is -0.384. The Hall–Kier alpha value is -2.83. The summed E-state index contributed by atoms with van der Waals surface area (Å²) in [6.45, 7) is 2.06. The molecule has 1 aliphatic rings. The van der Waals surface area contributed by atoms with Gasteiger partial charge in [-0.3, -0.25) is 14.9 Å². The first-order valence-corrected chi connectivity index (χ1v) is 8.47. The van der Waals surface area contributed by atoms with Crippen LogP contribution in [0.3, 0.4) is 0 Å². The average Bonchev–Trinajstić information content (AvgIpc) is 3.14. The van der Waals surface area contributed by atoms with Gasteiger partial charge in [0, 0.05) is 43.7 Å². The normalized spacial score (nSPS) is 14.4. The van der Waals surface area contributed by atoms with Gasteiger partial charge in [-0.2, -0.15) is 0 Å². The van der Waals surface area contributed by atoms with Crippen LogP contribution in [0.15, 0.2) is 36.5 Å². The highest BCUT2D eigenvalue weighted by Gasteiger charge is 2.24. The van der Waals surface area contributed by atoms with Crippen LogP contribution < -0.4 is 4.90 Å². The smallest absolute Gasteiger partial charge is 0.293 e. The molecule has 2 heterocycles. The number of aromatic nitrogens is 1. The van der Waals surface area contributed by atoms with Crippen molar-refractivity contribution in [1.82, 2.24) is 9.88 Å². The highest BCUT2D eigenvalue weighted by Crippen LogP contribution is 2.31. The third kappa shape index (κ3) is 3.81. The molecule has 1 saturated heterocycles. The zero-order valence-corrected chi connectivity index (χ0v) is 14.3. The fourth-order valence-corrected chi connectivity index (χ4v) is 3.22. The number of nitrogens with zero attached hydrogens (tertiary/aromatic N) is 3. The number of amides is 1. The van der Waals surface area contributed by atoms with E-state index in [4.69, 9.17) is 0 Å². The van der Waals surface area contributed by atoms with E-state index in [9.17, 15) is 14.9 Å². The molecule has 0 radical (unpaired) electrons. The molecule has 0 spiro atoms. The zero-order chi connectivity index (χ0) is 17.8. The molecule has 1 aromatic carbocycles. The molecule has 2 aromatic rings. The van der Waals surface area contributed by atoms with Gasteiger partial charge in [0.05, 0.1) is 11.5 Å². The van der Waals surface area contributed by atoms with Crippen molar-refractivity contribution in [2.45, 2.75) is 25.8 Å². The van der Waals surface area contributed by atoms with Crippen molar-refractivity contribution in [2.75, 3.05) is 25.0 Å². The summed E-state index contributed by atoms with van der Waals surface area (Å²) in [6.07, 6.45) is 5.03. The fraction of sp³-hybridized carbons (Fsp3) is 0.389. The van der Waals surface area contributed by atoms with Gasteiger partial charge in [0.15, 0.2) is 0 Å². The van der Waals surface area contributed by atoms with Crippen molar-refractivity contribution in [1.29, 1.82) is 0 Å². The summed E-state index contributed by atoms with van der Waals surface area (Å²) in [5.41, 5.74) is 1.85. The van der Waals surface area contributed by atoms with Crippen LogP contribution in [0.5, 0.6) is 0 Å². The topological polar surface area (TPSA) is 82.5 Å². The number of carbonyl (C=O) groups excluding carboxylic acids is 1. The summed E-state index contributed by atoms with van der Waals surface area (Å²) >= 11 is 0. The van der Waals surface area contributed by atoms with Crippen LogP contribution >= 0.6 is 0 Å². The lowest BCUT2D eigenvalue weighted by atomic mass is 10.1. The van der Waals surface area contributed by atoms with Crippen LogP contribution in [0.1, 0.15) is 35.3 Å². The predicted octanol–water partition coefficient (Wildman–Crippen LogP) is 3.19. The number of piperidine rings is 1. The number of hydrogen-bond acceptors (Lipinski definition) is 4. The van der Waals surface area contributed by atoms with E-state index in [-0.39, 0.29) is 11.6 Å². The molecule has 0 atom stereocenters. The molecule has 1 amide bonds. The van der Waals surface area contributed by atoms with Crippen LogP contribution in [0.4, 0.5) is 11.4 Å². The molecule has 0 bridgehead atoms. The van der Waals surface area contributed by atoms with E-state index in [1.807, 2.05) is 17.0 Å². The number of anilines is 1. The number of nitro benzene ring substituents is 1. The van der Waals surface area contributed by atoms with Gasteiger partial charge in [0.25, 0.3) is 11.6 Å². The lowest BCUT2D eigenvalue weighted by Crippen LogP contribution is -2.30. The number of nitro groups is 1. The van der Waals surface area contributed by atoms with Crippen LogP contribution in [0.2, 0.25) is 0 Å². The molecule has 3 rings (SSSR count). The molecule has 25 heavy (non-hydrogen) atoms. The Morgan fingerprint density at radius 1 is 1.28 bits per heavy atom. The number of hydrogen-bond donors (Lipinski definition) is 1. The second kappa shape index (κ2) is 7.38. The van der Waals surface area contributed by atoms with E-state index >= 15 is 0 Å². The zero-order valence-electron chi connectivity index (χ0n) is 14.3. The number of benzene rings is 1. The third-order valence-corrected chi connectivity index (χ3v) is 4.53. The Bertz CT molecular complexity index is 752. The molecule has 0 aliphatic carbocycles. The van der Waals surface area contributed by atoms with Gasteiger partial charge in [-0.05, 0) is 43.5 Å². The van der Waals surface area contributed by atoms with E-state index in [0.29, 0.717) is 17.8 Å². The summed E-state index contributed by atoms with van der Waals surface area (Å²) in [4.78, 5) is 30.4. The lowest BCUT2D eigenvalue weighted by Gasteiger charge is -2.28. The van der Waals surface area contributed by atoms with Gasteiger partial charge in [0.1, 0.15) is 5.69 Å². The van der Waals surface area contributed by atoms with Crippen LogP contribution in [-0.2, 0) is 6.54 Å². The van der Waals surface area contributed by atoms with Crippen LogP contribution in [-0.4, -0.2) is 40.9 Å². The SMILES string of the molecule is CN(Cc1ccc[nH]1)C(=O)c1ccc(N2CCCCC2)c([N+](=O)[O-])c1. The molecular weight excluding hydrogens is 320 g/mol. The predicted molar refractivity (Wildman–Crippen MR) is 95.8 cm³/mol. The summed E-state index contributed by atoms with van der Waals surface area (Å²) in [6, 6.07) is 8.55. The molecule has 132 valence electrons. The summed E-state index contributed by atoms with van der Waals surface area (Å²) < 4.78 is 0. The molecule has 1 aliphatic heterocycles. The van der Waals surface area contributed by atoms with Crippen molar-refractivity contribution in [3.8, 4) is 0 Å². The largest absolute Gasteiger partial charge is 0.366 e. The minimum absolute atomic E-state index is 0.000948. The van der Waals surface area contributed by atoms with Crippen LogP contribution in [0.25, 0.3) is 0 Å². The second-order valence-corrected chi connectivity index (χ2v) is 6.36. The third-order valence-electron chi connectivity index (χ3n) is 4.53. The van der Waals surface area contributed by atoms with E-state index in [1.165, 1.54) is 6.07 Å². The average molecular weight is 342 g/mol. The minimum Gasteiger partial charge on any atom is -0.366 e. The Kier molecular flexibility index (Phi) is 5.02. The molecular formula is C18H22N4O3. The van der Waals surface area contributed by atoms with Crippen LogP contribution in [0, 0.1) is 10.1 Å². The minimum atomic E-state index is -0.397. The Morgan fingerprint density at radius 2 is 2.04 bits per heavy atom. The van der Waals surface area contributed by atoms with Gasteiger partial charge in [-0.15, -0.1) is 0 Å². The van der Waals surface area contributed by atoms with Gasteiger partial charge in [-0.25, -0.2) is 0 Å². The first-order valence-electron chi connectivity index (χ1n) is 8.47. The molecule has 7 heteroatoms. The Labute approximate surface area is 146 Å². The van der Waals surface area contributed by atoms with E-state index in [2.05, 4.69) is 4.98 Å². The standard InChI is InChI=1S/C18H22N4O3/c1-20(13-15-6-5-9-19-15)18(23)14-7-8-16(17(12-14)22(24)25)21-10-3-2-4-11-21/h5-9,12,19H,2-4,10-11,13H2,1H3. The first-order chi connectivity index (χ1) is 12.1. The van der Waals surface area contributed by atoms with Crippen molar-refractivity contribution in [2.24, 2.45) is 0 Å². The molecule has 7 nitrogen and oxygen atoms in total. The summed E-state index contributed by atoms with van der Waals surface area (Å²) in [5.74, 6) is -0.233. The first kappa shape index (κ1) is 17.0. The molecule has 1 N–H and O–H groups in total.